The van der Waals surface area contributed by atoms with Crippen LogP contribution in [0, 0.1) is 10.1 Å². The van der Waals surface area contributed by atoms with Gasteiger partial charge in [-0.2, -0.15) is 0 Å². The lowest BCUT2D eigenvalue weighted by Crippen LogP contribution is -2.46. The Hall–Kier alpha value is -1.56. The summed E-state index contributed by atoms with van der Waals surface area (Å²) in [5.41, 5.74) is 0.698. The number of piperidine rings is 1. The van der Waals surface area contributed by atoms with Crippen molar-refractivity contribution in [3.8, 4) is 0 Å². The molecule has 2 radical (unpaired) electrons. The van der Waals surface area contributed by atoms with Gasteiger partial charge in [-0.05, 0) is 37.9 Å². The van der Waals surface area contributed by atoms with E-state index in [1.807, 2.05) is 0 Å². The van der Waals surface area contributed by atoms with E-state index in [9.17, 15) is 10.1 Å². The van der Waals surface area contributed by atoms with Crippen molar-refractivity contribution < 1.29 is 4.92 Å². The molecule has 0 spiro atoms. The van der Waals surface area contributed by atoms with Crippen LogP contribution in [-0.2, 0) is 0 Å². The number of nitro benzene ring substituents is 1. The zero-order chi connectivity index (χ0) is 13.8. The van der Waals surface area contributed by atoms with E-state index in [-0.39, 0.29) is 22.6 Å². The molecule has 1 aromatic rings. The standard InChI is InChI=1S/C13H18BN3O2/c1-2-16-8-7-10(9-13(16)14)15-11-5-3-4-6-12(11)17(18)19/h3-6,10,13,15H,2,7-9H2,1H3. The highest BCUT2D eigenvalue weighted by molar-refractivity contribution is 6.11. The summed E-state index contributed by atoms with van der Waals surface area (Å²) in [7, 11) is 6.08. The van der Waals surface area contributed by atoms with Crippen molar-refractivity contribution in [1.29, 1.82) is 0 Å². The molecule has 6 heteroatoms. The van der Waals surface area contributed by atoms with Gasteiger partial charge in [0.2, 0.25) is 0 Å². The number of anilines is 1. The SMILES string of the molecule is [B]C1CC(Nc2ccccc2[N+](=O)[O-])CCN1CC. The van der Waals surface area contributed by atoms with E-state index in [1.165, 1.54) is 6.07 Å². The lowest BCUT2D eigenvalue weighted by atomic mass is 9.83. The lowest BCUT2D eigenvalue weighted by Gasteiger charge is -2.38. The predicted octanol–water partition coefficient (Wildman–Crippen LogP) is 1.99. The molecule has 1 aliphatic heterocycles. The van der Waals surface area contributed by atoms with Crippen molar-refractivity contribution in [3.63, 3.8) is 0 Å². The van der Waals surface area contributed by atoms with Crippen LogP contribution in [-0.4, -0.2) is 42.7 Å². The largest absolute Gasteiger partial charge is 0.377 e. The van der Waals surface area contributed by atoms with Crippen molar-refractivity contribution in [2.45, 2.75) is 31.7 Å². The van der Waals surface area contributed by atoms with Crippen molar-refractivity contribution in [1.82, 2.24) is 4.90 Å². The second kappa shape index (κ2) is 6.06. The molecular weight excluding hydrogens is 241 g/mol. The van der Waals surface area contributed by atoms with Gasteiger partial charge in [0.25, 0.3) is 5.69 Å². The molecule has 0 bridgehead atoms. The Morgan fingerprint density at radius 1 is 1.53 bits per heavy atom. The molecule has 2 rings (SSSR count). The van der Waals surface area contributed by atoms with Gasteiger partial charge in [-0.3, -0.25) is 10.1 Å². The van der Waals surface area contributed by atoms with Gasteiger partial charge < -0.3 is 10.2 Å². The molecule has 1 N–H and O–H groups in total. The number of nitrogens with one attached hydrogen (secondary N) is 1. The fourth-order valence-corrected chi connectivity index (χ4v) is 2.54. The first kappa shape index (κ1) is 13.9. The summed E-state index contributed by atoms with van der Waals surface area (Å²) in [6, 6.07) is 6.93. The molecule has 0 amide bonds. The molecule has 2 unspecified atom stereocenters. The Kier molecular flexibility index (Phi) is 4.42. The molecule has 0 aliphatic carbocycles. The Labute approximate surface area is 114 Å². The number of nitrogens with zero attached hydrogens (tertiary/aromatic N) is 2. The lowest BCUT2D eigenvalue weighted by molar-refractivity contribution is -0.384. The van der Waals surface area contributed by atoms with Crippen molar-refractivity contribution in [2.24, 2.45) is 0 Å². The van der Waals surface area contributed by atoms with E-state index in [1.54, 1.807) is 18.2 Å². The Balaban J connectivity index is 2.04. The maximum absolute atomic E-state index is 11.0. The van der Waals surface area contributed by atoms with Gasteiger partial charge in [0, 0.05) is 12.1 Å². The second-order valence-electron chi connectivity index (χ2n) is 4.84. The second-order valence-corrected chi connectivity index (χ2v) is 4.84. The fourth-order valence-electron chi connectivity index (χ4n) is 2.54. The van der Waals surface area contributed by atoms with Crippen LogP contribution in [0.25, 0.3) is 0 Å². The zero-order valence-electron chi connectivity index (χ0n) is 11.1. The number of likely N-dealkylation sites (tertiary alicyclic amines) is 1. The summed E-state index contributed by atoms with van der Waals surface area (Å²) < 4.78 is 0. The van der Waals surface area contributed by atoms with E-state index in [0.29, 0.717) is 5.69 Å². The molecule has 1 fully saturated rings. The quantitative estimate of drug-likeness (QED) is 0.510. The number of hydrogen-bond acceptors (Lipinski definition) is 4. The first-order valence-electron chi connectivity index (χ1n) is 6.61. The molecule has 0 aromatic heterocycles. The van der Waals surface area contributed by atoms with Gasteiger partial charge in [0.05, 0.1) is 12.8 Å². The third kappa shape index (κ3) is 3.26. The van der Waals surface area contributed by atoms with Gasteiger partial charge in [-0.15, -0.1) is 0 Å². The average molecular weight is 259 g/mol. The molecule has 2 atom stereocenters. The van der Waals surface area contributed by atoms with E-state index in [4.69, 9.17) is 7.85 Å². The van der Waals surface area contributed by atoms with Gasteiger partial charge in [-0.1, -0.05) is 19.1 Å². The highest BCUT2D eigenvalue weighted by Crippen LogP contribution is 2.26. The molecular formula is C13H18BN3O2. The number of hydrogen-bond donors (Lipinski definition) is 1. The molecule has 0 saturated carbocycles. The van der Waals surface area contributed by atoms with Crippen LogP contribution in [0.3, 0.4) is 0 Å². The van der Waals surface area contributed by atoms with Crippen LogP contribution in [0.15, 0.2) is 24.3 Å². The number of rotatable bonds is 4. The van der Waals surface area contributed by atoms with Crippen LogP contribution >= 0.6 is 0 Å². The minimum absolute atomic E-state index is 0.0269. The van der Waals surface area contributed by atoms with Crippen molar-refractivity contribution >= 4 is 19.2 Å². The first-order valence-corrected chi connectivity index (χ1v) is 6.61. The van der Waals surface area contributed by atoms with Crippen molar-refractivity contribution in [2.75, 3.05) is 18.4 Å². The Morgan fingerprint density at radius 2 is 2.26 bits per heavy atom. The summed E-state index contributed by atoms with van der Waals surface area (Å²) >= 11 is 0. The summed E-state index contributed by atoms with van der Waals surface area (Å²) in [4.78, 5) is 12.8. The van der Waals surface area contributed by atoms with E-state index in [0.717, 1.165) is 25.9 Å². The van der Waals surface area contributed by atoms with Crippen LogP contribution < -0.4 is 5.32 Å². The maximum Gasteiger partial charge on any atom is 0.292 e. The highest BCUT2D eigenvalue weighted by Gasteiger charge is 2.25. The smallest absolute Gasteiger partial charge is 0.292 e. The molecule has 1 saturated heterocycles. The van der Waals surface area contributed by atoms with Crippen LogP contribution in [0.4, 0.5) is 11.4 Å². The molecule has 1 heterocycles. The monoisotopic (exact) mass is 259 g/mol. The summed E-state index contributed by atoms with van der Waals surface area (Å²) in [5, 5.41) is 14.2. The highest BCUT2D eigenvalue weighted by atomic mass is 16.6. The summed E-state index contributed by atoms with van der Waals surface area (Å²) in [6.45, 7) is 3.96. The average Bonchev–Trinajstić information content (AvgIpc) is 2.39. The van der Waals surface area contributed by atoms with Gasteiger partial charge in [0.1, 0.15) is 5.69 Å². The summed E-state index contributed by atoms with van der Waals surface area (Å²) in [6.07, 6.45) is 1.76. The predicted molar refractivity (Wildman–Crippen MR) is 76.5 cm³/mol. The summed E-state index contributed by atoms with van der Waals surface area (Å²) in [5.74, 6) is 0.0269. The minimum atomic E-state index is -0.358. The molecule has 100 valence electrons. The number of nitro groups is 1. The third-order valence-corrected chi connectivity index (χ3v) is 3.63. The van der Waals surface area contributed by atoms with Gasteiger partial charge in [-0.25, -0.2) is 0 Å². The van der Waals surface area contributed by atoms with Gasteiger partial charge in [0.15, 0.2) is 0 Å². The zero-order valence-corrected chi connectivity index (χ0v) is 11.1. The molecule has 1 aromatic carbocycles. The van der Waals surface area contributed by atoms with Crippen LogP contribution in [0.1, 0.15) is 19.8 Å². The fraction of sp³-hybridized carbons (Fsp3) is 0.538. The number of para-hydroxylation sites is 2. The molecule has 19 heavy (non-hydrogen) atoms. The third-order valence-electron chi connectivity index (χ3n) is 3.63. The number of benzene rings is 1. The van der Waals surface area contributed by atoms with Gasteiger partial charge >= 0.3 is 0 Å². The first-order chi connectivity index (χ1) is 9.11. The normalized spacial score (nSPS) is 24.1. The Morgan fingerprint density at radius 3 is 2.89 bits per heavy atom. The maximum atomic E-state index is 11.0. The minimum Gasteiger partial charge on any atom is -0.377 e. The van der Waals surface area contributed by atoms with E-state index in [2.05, 4.69) is 17.1 Å². The van der Waals surface area contributed by atoms with E-state index >= 15 is 0 Å². The van der Waals surface area contributed by atoms with Crippen molar-refractivity contribution in [3.05, 3.63) is 34.4 Å². The van der Waals surface area contributed by atoms with Crippen LogP contribution in [0.5, 0.6) is 0 Å². The molecule has 5 nitrogen and oxygen atoms in total. The topological polar surface area (TPSA) is 58.4 Å². The van der Waals surface area contributed by atoms with E-state index < -0.39 is 0 Å². The van der Waals surface area contributed by atoms with Crippen LogP contribution in [0.2, 0.25) is 0 Å². The Bertz CT molecular complexity index is 455. The molecule has 1 aliphatic rings.